The first-order valence-corrected chi connectivity index (χ1v) is 8.73. The van der Waals surface area contributed by atoms with Crippen LogP contribution < -0.4 is 10.2 Å². The van der Waals surface area contributed by atoms with Crippen molar-refractivity contribution < 1.29 is 0 Å². The molecule has 3 aromatic rings. The van der Waals surface area contributed by atoms with Gasteiger partial charge in [-0.15, -0.1) is 0 Å². The van der Waals surface area contributed by atoms with Gasteiger partial charge in [-0.3, -0.25) is 0 Å². The average Bonchev–Trinajstić information content (AvgIpc) is 3.01. The number of aryl methyl sites for hydroxylation is 1. The number of rotatable bonds is 3. The van der Waals surface area contributed by atoms with Crippen molar-refractivity contribution in [3.05, 3.63) is 70.3 Å². The van der Waals surface area contributed by atoms with Gasteiger partial charge in [0.05, 0.1) is 5.69 Å². The minimum atomic E-state index is 0.612. The zero-order valence-electron chi connectivity index (χ0n) is 13.3. The van der Waals surface area contributed by atoms with Gasteiger partial charge >= 0.3 is 0 Å². The molecule has 1 N–H and O–H groups in total. The Balaban J connectivity index is 1.69. The predicted octanol–water partition coefficient (Wildman–Crippen LogP) is 4.99. The molecule has 2 aromatic carbocycles. The van der Waals surface area contributed by atoms with Crippen LogP contribution in [0.15, 0.2) is 59.1 Å². The van der Waals surface area contributed by atoms with Gasteiger partial charge in [-0.2, -0.15) is 4.98 Å². The molecule has 0 aliphatic carbocycles. The lowest BCUT2D eigenvalue weighted by molar-refractivity contribution is 0.959. The second kappa shape index (κ2) is 6.24. The van der Waals surface area contributed by atoms with Crippen molar-refractivity contribution in [1.82, 2.24) is 9.97 Å². The highest BCUT2D eigenvalue weighted by atomic mass is 79.9. The number of benzene rings is 2. The highest BCUT2D eigenvalue weighted by molar-refractivity contribution is 9.10. The van der Waals surface area contributed by atoms with Gasteiger partial charge in [-0.1, -0.05) is 30.3 Å². The summed E-state index contributed by atoms with van der Waals surface area (Å²) in [6.45, 7) is 2.95. The van der Waals surface area contributed by atoms with Crippen molar-refractivity contribution in [1.29, 1.82) is 0 Å². The monoisotopic (exact) mass is 380 g/mol. The van der Waals surface area contributed by atoms with Gasteiger partial charge in [-0.05, 0) is 53.0 Å². The molecule has 0 bridgehead atoms. The summed E-state index contributed by atoms with van der Waals surface area (Å²) in [5.74, 6) is 1.54. The van der Waals surface area contributed by atoms with Crippen LogP contribution in [0.3, 0.4) is 0 Å². The number of nitrogens with zero attached hydrogens (tertiary/aromatic N) is 3. The minimum Gasteiger partial charge on any atom is -0.326 e. The molecule has 0 atom stereocenters. The van der Waals surface area contributed by atoms with Crippen molar-refractivity contribution in [2.75, 3.05) is 16.8 Å². The summed E-state index contributed by atoms with van der Waals surface area (Å²) in [5.41, 5.74) is 4.51. The van der Waals surface area contributed by atoms with Crippen LogP contribution in [0.25, 0.3) is 0 Å². The summed E-state index contributed by atoms with van der Waals surface area (Å²) in [6.07, 6.45) is 1.05. The molecule has 4 nitrogen and oxygen atoms in total. The first-order valence-electron chi connectivity index (χ1n) is 7.93. The Morgan fingerprint density at radius 2 is 1.83 bits per heavy atom. The molecule has 0 radical (unpaired) electrons. The molecule has 1 aliphatic heterocycles. The second-order valence-electron chi connectivity index (χ2n) is 5.83. The average molecular weight is 381 g/mol. The summed E-state index contributed by atoms with van der Waals surface area (Å²) in [6, 6.07) is 18.5. The number of hydrogen-bond acceptors (Lipinski definition) is 4. The van der Waals surface area contributed by atoms with E-state index in [-0.39, 0.29) is 0 Å². The number of para-hydroxylation sites is 2. The Labute approximate surface area is 149 Å². The Bertz CT molecular complexity index is 894. The number of anilines is 4. The highest BCUT2D eigenvalue weighted by Crippen LogP contribution is 2.34. The van der Waals surface area contributed by atoms with Crippen LogP contribution in [0.2, 0.25) is 0 Å². The number of aromatic nitrogens is 2. The Kier molecular flexibility index (Phi) is 3.94. The van der Waals surface area contributed by atoms with Gasteiger partial charge in [0.2, 0.25) is 5.95 Å². The lowest BCUT2D eigenvalue weighted by Gasteiger charge is -2.19. The molecule has 120 valence electrons. The van der Waals surface area contributed by atoms with Gasteiger partial charge in [0, 0.05) is 28.5 Å². The SMILES string of the molecule is Cc1cc(N2CCc3ccccc32)nc(Nc2ccccc2Br)n1. The Hall–Kier alpha value is -2.40. The molecule has 0 saturated carbocycles. The van der Waals surface area contributed by atoms with Crippen LogP contribution >= 0.6 is 15.9 Å². The van der Waals surface area contributed by atoms with Gasteiger partial charge in [0.15, 0.2) is 0 Å². The van der Waals surface area contributed by atoms with Crippen LogP contribution in [0.4, 0.5) is 23.1 Å². The van der Waals surface area contributed by atoms with Crippen LogP contribution in [-0.2, 0) is 6.42 Å². The maximum atomic E-state index is 4.73. The molecule has 5 heteroatoms. The van der Waals surface area contributed by atoms with E-state index in [2.05, 4.69) is 55.4 Å². The summed E-state index contributed by atoms with van der Waals surface area (Å²) < 4.78 is 0.989. The number of nitrogens with one attached hydrogen (secondary N) is 1. The van der Waals surface area contributed by atoms with Crippen LogP contribution in [-0.4, -0.2) is 16.5 Å². The van der Waals surface area contributed by atoms with E-state index in [1.54, 1.807) is 0 Å². The van der Waals surface area contributed by atoms with E-state index in [1.807, 2.05) is 37.3 Å². The van der Waals surface area contributed by atoms with Crippen LogP contribution in [0, 0.1) is 6.92 Å². The molecular weight excluding hydrogens is 364 g/mol. The number of halogens is 1. The lowest BCUT2D eigenvalue weighted by Crippen LogP contribution is -2.16. The molecular formula is C19H17BrN4. The summed E-state index contributed by atoms with van der Waals surface area (Å²) in [4.78, 5) is 11.5. The largest absolute Gasteiger partial charge is 0.326 e. The molecule has 0 amide bonds. The normalized spacial score (nSPS) is 13.0. The molecule has 1 aliphatic rings. The highest BCUT2D eigenvalue weighted by Gasteiger charge is 2.21. The van der Waals surface area contributed by atoms with Crippen molar-refractivity contribution in [3.8, 4) is 0 Å². The maximum absolute atomic E-state index is 4.73. The summed E-state index contributed by atoms with van der Waals surface area (Å²) in [5, 5.41) is 3.31. The zero-order chi connectivity index (χ0) is 16.5. The van der Waals surface area contributed by atoms with E-state index in [0.29, 0.717) is 5.95 Å². The molecule has 0 fully saturated rings. The maximum Gasteiger partial charge on any atom is 0.229 e. The van der Waals surface area contributed by atoms with E-state index in [9.17, 15) is 0 Å². The van der Waals surface area contributed by atoms with Crippen LogP contribution in [0.5, 0.6) is 0 Å². The van der Waals surface area contributed by atoms with Crippen LogP contribution in [0.1, 0.15) is 11.3 Å². The van der Waals surface area contributed by atoms with Crippen molar-refractivity contribution in [2.24, 2.45) is 0 Å². The summed E-state index contributed by atoms with van der Waals surface area (Å²) >= 11 is 3.55. The zero-order valence-corrected chi connectivity index (χ0v) is 14.9. The van der Waals surface area contributed by atoms with Gasteiger partial charge in [-0.25, -0.2) is 4.98 Å². The Morgan fingerprint density at radius 3 is 2.71 bits per heavy atom. The summed E-state index contributed by atoms with van der Waals surface area (Å²) in [7, 11) is 0. The topological polar surface area (TPSA) is 41.1 Å². The second-order valence-corrected chi connectivity index (χ2v) is 6.68. The molecule has 0 spiro atoms. The van der Waals surface area contributed by atoms with Crippen molar-refractivity contribution in [2.45, 2.75) is 13.3 Å². The fraction of sp³-hybridized carbons (Fsp3) is 0.158. The van der Waals surface area contributed by atoms with Gasteiger partial charge < -0.3 is 10.2 Å². The molecule has 0 saturated heterocycles. The molecule has 24 heavy (non-hydrogen) atoms. The van der Waals surface area contributed by atoms with Crippen molar-refractivity contribution >= 4 is 39.1 Å². The molecule has 2 heterocycles. The number of hydrogen-bond donors (Lipinski definition) is 1. The molecule has 1 aromatic heterocycles. The fourth-order valence-corrected chi connectivity index (χ4v) is 3.39. The van der Waals surface area contributed by atoms with E-state index in [1.165, 1.54) is 11.3 Å². The van der Waals surface area contributed by atoms with E-state index < -0.39 is 0 Å². The third-order valence-corrected chi connectivity index (χ3v) is 4.82. The quantitative estimate of drug-likeness (QED) is 0.694. The third kappa shape index (κ3) is 2.87. The first-order chi connectivity index (χ1) is 11.7. The first kappa shape index (κ1) is 15.1. The smallest absolute Gasteiger partial charge is 0.229 e. The van der Waals surface area contributed by atoms with Crippen molar-refractivity contribution in [3.63, 3.8) is 0 Å². The molecule has 0 unspecified atom stereocenters. The van der Waals surface area contributed by atoms with Gasteiger partial charge in [0.25, 0.3) is 0 Å². The minimum absolute atomic E-state index is 0.612. The van der Waals surface area contributed by atoms with E-state index in [4.69, 9.17) is 4.98 Å². The van der Waals surface area contributed by atoms with E-state index >= 15 is 0 Å². The predicted molar refractivity (Wildman–Crippen MR) is 101 cm³/mol. The third-order valence-electron chi connectivity index (χ3n) is 4.12. The van der Waals surface area contributed by atoms with Gasteiger partial charge in [0.1, 0.15) is 5.82 Å². The standard InChI is InChI=1S/C19H17BrN4/c1-13-12-18(24-11-10-14-6-2-5-9-17(14)24)23-19(21-13)22-16-8-4-3-7-15(16)20/h2-9,12H,10-11H2,1H3,(H,21,22,23). The fourth-order valence-electron chi connectivity index (χ4n) is 3.01. The molecule has 4 rings (SSSR count). The Morgan fingerprint density at radius 1 is 1.04 bits per heavy atom. The van der Waals surface area contributed by atoms with E-state index in [0.717, 1.165) is 34.6 Å². The lowest BCUT2D eigenvalue weighted by atomic mass is 10.2. The number of fused-ring (bicyclic) bond motifs is 1.